The van der Waals surface area contributed by atoms with Gasteiger partial charge in [-0.3, -0.25) is 14.4 Å². The summed E-state index contributed by atoms with van der Waals surface area (Å²) < 4.78 is 36.2. The maximum absolute atomic E-state index is 16.0. The third-order valence-corrected chi connectivity index (χ3v) is 10.9. The van der Waals surface area contributed by atoms with Crippen molar-refractivity contribution in [1.82, 2.24) is 14.0 Å². The average molecular weight is 713 g/mol. The number of carbonyl (C=O) groups excluding carboxylic acids is 3. The third kappa shape index (κ3) is 5.66. The molecule has 4 aromatic rings. The van der Waals surface area contributed by atoms with Crippen molar-refractivity contribution in [3.63, 3.8) is 0 Å². The number of methoxy groups -OCH3 is 1. The molecule has 4 aliphatic rings. The van der Waals surface area contributed by atoms with Crippen LogP contribution in [0.2, 0.25) is 0 Å². The van der Waals surface area contributed by atoms with E-state index in [2.05, 4.69) is 0 Å². The van der Waals surface area contributed by atoms with Crippen LogP contribution in [0.15, 0.2) is 59.5 Å². The van der Waals surface area contributed by atoms with Crippen LogP contribution in [0.4, 0.5) is 14.9 Å². The van der Waals surface area contributed by atoms with Gasteiger partial charge in [0.25, 0.3) is 0 Å². The smallest absolute Gasteiger partial charge is 0.412 e. The molecule has 1 aliphatic carbocycles. The van der Waals surface area contributed by atoms with E-state index >= 15 is 4.39 Å². The molecular weight excluding hydrogens is 675 g/mol. The number of nitrogens with zero attached hydrogens (tertiary/aromatic N) is 4. The van der Waals surface area contributed by atoms with Crippen molar-refractivity contribution in [1.29, 1.82) is 0 Å². The largest absolute Gasteiger partial charge is 0.492 e. The van der Waals surface area contributed by atoms with Crippen molar-refractivity contribution in [2.45, 2.75) is 56.7 Å². The predicted molar refractivity (Wildman–Crippen MR) is 184 cm³/mol. The highest BCUT2D eigenvalue weighted by atomic mass is 19.1. The van der Waals surface area contributed by atoms with Crippen LogP contribution in [0.3, 0.4) is 0 Å². The highest BCUT2D eigenvalue weighted by Crippen LogP contribution is 2.45. The van der Waals surface area contributed by atoms with E-state index in [-0.39, 0.29) is 47.2 Å². The summed E-state index contributed by atoms with van der Waals surface area (Å²) in [4.78, 5) is 67.9. The second kappa shape index (κ2) is 13.1. The Morgan fingerprint density at radius 2 is 1.75 bits per heavy atom. The molecule has 2 aromatic heterocycles. The lowest BCUT2D eigenvalue weighted by atomic mass is 9.92. The molecule has 3 atom stereocenters. The number of piperidine rings is 1. The molecule has 0 radical (unpaired) electrons. The number of esters is 1. The Hall–Kier alpha value is -5.66. The maximum Gasteiger partial charge on any atom is 0.412 e. The van der Waals surface area contributed by atoms with Crippen LogP contribution in [-0.4, -0.2) is 82.5 Å². The Morgan fingerprint density at radius 1 is 0.962 bits per heavy atom. The number of ketones is 1. The molecule has 0 bridgehead atoms. The number of amides is 1. The predicted octanol–water partition coefficient (Wildman–Crippen LogP) is 4.94. The number of pyridine rings is 1. The van der Waals surface area contributed by atoms with Gasteiger partial charge in [0.05, 0.1) is 35.7 Å². The Balaban J connectivity index is 0.952. The SMILES string of the molecule is COc1c(N2C[C@H]3CCCN(C(=O)OCOC(=O)C4CCn5c(C(=O)c6ccccc6)ccc54)[C@H]3C2)c(F)cc2c(=O)c(C(=O)O)cn(C3CC3)c12. The van der Waals surface area contributed by atoms with Crippen molar-refractivity contribution in [2.24, 2.45) is 5.92 Å². The van der Waals surface area contributed by atoms with Gasteiger partial charge < -0.3 is 38.3 Å². The Morgan fingerprint density at radius 3 is 2.48 bits per heavy atom. The number of halogens is 1. The fourth-order valence-corrected chi connectivity index (χ4v) is 8.25. The van der Waals surface area contributed by atoms with Crippen molar-refractivity contribution in [3.05, 3.63) is 93.3 Å². The number of aromatic nitrogens is 2. The number of carboxylic acid groups (broad SMARTS) is 1. The van der Waals surface area contributed by atoms with Crippen molar-refractivity contribution < 1.29 is 42.9 Å². The van der Waals surface area contributed by atoms with Crippen molar-refractivity contribution >= 4 is 40.4 Å². The van der Waals surface area contributed by atoms with Gasteiger partial charge >= 0.3 is 18.0 Å². The van der Waals surface area contributed by atoms with Gasteiger partial charge in [-0.15, -0.1) is 0 Å². The molecule has 1 saturated carbocycles. The fourth-order valence-electron chi connectivity index (χ4n) is 8.25. The normalized spacial score (nSPS) is 20.8. The first-order valence-corrected chi connectivity index (χ1v) is 17.5. The van der Waals surface area contributed by atoms with E-state index < -0.39 is 47.6 Å². The lowest BCUT2D eigenvalue weighted by Crippen LogP contribution is -2.48. The van der Waals surface area contributed by atoms with E-state index in [0.717, 1.165) is 25.3 Å². The number of aromatic carboxylic acids is 1. The summed E-state index contributed by atoms with van der Waals surface area (Å²) in [6.07, 6.45) is 4.19. The summed E-state index contributed by atoms with van der Waals surface area (Å²) in [6.45, 7) is 0.994. The molecule has 8 rings (SSSR count). The highest BCUT2D eigenvalue weighted by Gasteiger charge is 2.44. The highest BCUT2D eigenvalue weighted by molar-refractivity contribution is 6.08. The zero-order chi connectivity index (χ0) is 36.3. The van der Waals surface area contributed by atoms with Gasteiger partial charge in [-0.05, 0) is 56.2 Å². The molecule has 270 valence electrons. The second-order valence-electron chi connectivity index (χ2n) is 13.8. The van der Waals surface area contributed by atoms with Crippen LogP contribution in [-0.2, 0) is 20.8 Å². The van der Waals surface area contributed by atoms with Gasteiger partial charge in [-0.1, -0.05) is 30.3 Å². The van der Waals surface area contributed by atoms with Crippen LogP contribution in [0, 0.1) is 11.7 Å². The molecule has 1 N–H and O–H groups in total. The van der Waals surface area contributed by atoms with Gasteiger partial charge in [0.1, 0.15) is 11.3 Å². The van der Waals surface area contributed by atoms with E-state index in [1.54, 1.807) is 45.9 Å². The number of hydrogen-bond acceptors (Lipinski definition) is 9. The molecule has 14 heteroatoms. The Kier molecular flexibility index (Phi) is 8.47. The van der Waals surface area contributed by atoms with Crippen molar-refractivity contribution in [2.75, 3.05) is 38.4 Å². The molecule has 3 fully saturated rings. The monoisotopic (exact) mass is 712 g/mol. The minimum atomic E-state index is -1.38. The third-order valence-electron chi connectivity index (χ3n) is 10.9. The van der Waals surface area contributed by atoms with Gasteiger partial charge in [0.15, 0.2) is 11.6 Å². The first-order valence-electron chi connectivity index (χ1n) is 17.5. The van der Waals surface area contributed by atoms with Gasteiger partial charge in [0, 0.05) is 49.7 Å². The van der Waals surface area contributed by atoms with Gasteiger partial charge in [-0.25, -0.2) is 14.0 Å². The fraction of sp³-hybridized carbons (Fsp3) is 0.395. The summed E-state index contributed by atoms with van der Waals surface area (Å²) in [5.74, 6) is -3.25. The summed E-state index contributed by atoms with van der Waals surface area (Å²) in [7, 11) is 1.39. The summed E-state index contributed by atoms with van der Waals surface area (Å²) in [5, 5.41) is 9.59. The second-order valence-corrected chi connectivity index (χ2v) is 13.8. The number of anilines is 1. The number of ether oxygens (including phenoxy) is 3. The van der Waals surface area contributed by atoms with E-state index in [1.807, 2.05) is 15.5 Å². The first-order chi connectivity index (χ1) is 25.2. The van der Waals surface area contributed by atoms with Crippen LogP contribution in [0.25, 0.3) is 10.9 Å². The van der Waals surface area contributed by atoms with Crippen LogP contribution in [0.5, 0.6) is 5.75 Å². The molecule has 1 unspecified atom stereocenters. The zero-order valence-electron chi connectivity index (χ0n) is 28.5. The summed E-state index contributed by atoms with van der Waals surface area (Å²) in [6, 6.07) is 13.1. The Labute approximate surface area is 297 Å². The Bertz CT molecular complexity index is 2180. The van der Waals surface area contributed by atoms with Gasteiger partial charge in [-0.2, -0.15) is 0 Å². The molecule has 5 heterocycles. The van der Waals surface area contributed by atoms with Crippen molar-refractivity contribution in [3.8, 4) is 5.75 Å². The lowest BCUT2D eigenvalue weighted by molar-refractivity contribution is -0.154. The molecular formula is C38H37FN4O9. The number of likely N-dealkylation sites (tertiary alicyclic amines) is 1. The number of carbonyl (C=O) groups is 4. The molecule has 52 heavy (non-hydrogen) atoms. The number of hydrogen-bond donors (Lipinski definition) is 1. The molecule has 3 aliphatic heterocycles. The summed E-state index contributed by atoms with van der Waals surface area (Å²) >= 11 is 0. The van der Waals surface area contributed by atoms with E-state index in [9.17, 15) is 29.1 Å². The summed E-state index contributed by atoms with van der Waals surface area (Å²) in [5.41, 5.74) is 1.02. The molecule has 13 nitrogen and oxygen atoms in total. The topological polar surface area (TPSA) is 150 Å². The molecule has 2 saturated heterocycles. The maximum atomic E-state index is 16.0. The minimum Gasteiger partial charge on any atom is -0.492 e. The lowest BCUT2D eigenvalue weighted by Gasteiger charge is -2.35. The molecule has 0 spiro atoms. The zero-order valence-corrected chi connectivity index (χ0v) is 28.5. The van der Waals surface area contributed by atoms with Gasteiger partial charge in [0.2, 0.25) is 18.0 Å². The quantitative estimate of drug-likeness (QED) is 0.144. The van der Waals surface area contributed by atoms with E-state index in [4.69, 9.17) is 14.2 Å². The number of rotatable bonds is 9. The molecule has 1 amide bonds. The molecule has 2 aromatic carbocycles. The number of fused-ring (bicyclic) bond motifs is 3. The van der Waals surface area contributed by atoms with E-state index in [1.165, 1.54) is 13.3 Å². The van der Waals surface area contributed by atoms with Crippen LogP contribution < -0.4 is 15.1 Å². The first kappa shape index (κ1) is 33.5. The number of carboxylic acids is 1. The standard InChI is InChI=1S/C38H37FN4O9/c1-50-35-31-25(34(45)26(36(46)47)18-43(31)23-9-10-23)16-27(39)32(35)40-17-22-8-5-14-42(30(22)19-40)38(49)52-20-51-37(48)24-13-15-41-28(24)11-12-29(41)33(44)21-6-3-2-4-7-21/h2-4,6-7,11-12,16,18,22-24,30H,5,8-10,13-15,17,19-20H2,1H3,(H,46,47)/t22-,24?,30+/m1/s1. The number of benzene rings is 2. The van der Waals surface area contributed by atoms with Crippen LogP contribution in [0.1, 0.15) is 76.2 Å². The van der Waals surface area contributed by atoms with Crippen LogP contribution >= 0.6 is 0 Å². The minimum absolute atomic E-state index is 0.0114. The average Bonchev–Trinajstić information content (AvgIpc) is 3.55. The van der Waals surface area contributed by atoms with E-state index in [0.29, 0.717) is 54.9 Å².